The predicted octanol–water partition coefficient (Wildman–Crippen LogP) is 1.04. The lowest BCUT2D eigenvalue weighted by molar-refractivity contribution is 0.0979. The largest absolute Gasteiger partial charge is 0.330 e. The van der Waals surface area contributed by atoms with Crippen LogP contribution in [0.4, 0.5) is 13.2 Å². The summed E-state index contributed by atoms with van der Waals surface area (Å²) < 4.78 is 62.5. The fraction of sp³-hybridized carbons (Fsp3) is 0.300. The Morgan fingerprint density at radius 1 is 1.28 bits per heavy atom. The Morgan fingerprint density at radius 3 is 2.28 bits per heavy atom. The summed E-state index contributed by atoms with van der Waals surface area (Å²) in [4.78, 5) is 9.94. The van der Waals surface area contributed by atoms with E-state index in [1.165, 1.54) is 0 Å². The molecule has 0 saturated carbocycles. The number of nitrogens with two attached hydrogens (primary N) is 1. The SMILES string of the molecule is CS(=O)(=O)c1c(F)cc(C(=O)CCN)c(F)c1F. The summed E-state index contributed by atoms with van der Waals surface area (Å²) in [5.74, 6) is -5.97. The lowest BCUT2D eigenvalue weighted by atomic mass is 10.1. The summed E-state index contributed by atoms with van der Waals surface area (Å²) in [5, 5.41) is 0. The summed E-state index contributed by atoms with van der Waals surface area (Å²) in [6.07, 6.45) is 0.239. The Morgan fingerprint density at radius 2 is 1.83 bits per heavy atom. The standard InChI is InChI=1S/C10H10F3NO3S/c1-18(16,17)10-6(11)4-5(7(15)2-3-14)8(12)9(10)13/h4H,2-3,14H2,1H3. The Labute approximate surface area is 102 Å². The minimum Gasteiger partial charge on any atom is -0.330 e. The molecule has 0 aliphatic rings. The second-order valence-corrected chi connectivity index (χ2v) is 5.55. The highest BCUT2D eigenvalue weighted by Gasteiger charge is 2.27. The molecule has 0 fully saturated rings. The molecule has 8 heteroatoms. The summed E-state index contributed by atoms with van der Waals surface area (Å²) >= 11 is 0. The van der Waals surface area contributed by atoms with Gasteiger partial charge < -0.3 is 5.73 Å². The molecular weight excluding hydrogens is 271 g/mol. The quantitative estimate of drug-likeness (QED) is 0.660. The van der Waals surface area contributed by atoms with Crippen molar-refractivity contribution in [2.24, 2.45) is 5.73 Å². The molecule has 0 aliphatic heterocycles. The molecule has 18 heavy (non-hydrogen) atoms. The smallest absolute Gasteiger partial charge is 0.181 e. The minimum absolute atomic E-state index is 0.116. The average Bonchev–Trinajstić information content (AvgIpc) is 2.21. The minimum atomic E-state index is -4.27. The van der Waals surface area contributed by atoms with Crippen LogP contribution in [0.5, 0.6) is 0 Å². The van der Waals surface area contributed by atoms with E-state index in [0.717, 1.165) is 0 Å². The molecule has 1 aromatic carbocycles. The molecule has 0 radical (unpaired) electrons. The van der Waals surface area contributed by atoms with Crippen LogP contribution in [0.15, 0.2) is 11.0 Å². The Kier molecular flexibility index (Phi) is 4.12. The number of Topliss-reactive ketones (excluding diaryl/α,β-unsaturated/α-hetero) is 1. The van der Waals surface area contributed by atoms with Crippen molar-refractivity contribution in [1.29, 1.82) is 0 Å². The van der Waals surface area contributed by atoms with Crippen molar-refractivity contribution in [3.05, 3.63) is 29.1 Å². The maximum Gasteiger partial charge on any atom is 0.181 e. The fourth-order valence-electron chi connectivity index (χ4n) is 1.39. The van der Waals surface area contributed by atoms with Crippen LogP contribution in [-0.2, 0) is 9.84 Å². The van der Waals surface area contributed by atoms with Crippen molar-refractivity contribution in [1.82, 2.24) is 0 Å². The number of hydrogen-bond donors (Lipinski definition) is 1. The van der Waals surface area contributed by atoms with Crippen molar-refractivity contribution in [2.45, 2.75) is 11.3 Å². The molecule has 0 saturated heterocycles. The summed E-state index contributed by atoms with van der Waals surface area (Å²) in [5.41, 5.74) is 4.22. The highest BCUT2D eigenvalue weighted by molar-refractivity contribution is 7.90. The van der Waals surface area contributed by atoms with Crippen LogP contribution in [0.3, 0.4) is 0 Å². The van der Waals surface area contributed by atoms with Crippen LogP contribution in [0.2, 0.25) is 0 Å². The van der Waals surface area contributed by atoms with Gasteiger partial charge >= 0.3 is 0 Å². The molecular formula is C10H10F3NO3S. The van der Waals surface area contributed by atoms with Gasteiger partial charge in [0.15, 0.2) is 27.3 Å². The third-order valence-corrected chi connectivity index (χ3v) is 3.27. The zero-order valence-electron chi connectivity index (χ0n) is 9.34. The second-order valence-electron chi connectivity index (χ2n) is 3.60. The van der Waals surface area contributed by atoms with Gasteiger partial charge in [0.05, 0.1) is 5.56 Å². The monoisotopic (exact) mass is 281 g/mol. The highest BCUT2D eigenvalue weighted by Crippen LogP contribution is 2.24. The lowest BCUT2D eigenvalue weighted by Crippen LogP contribution is -2.14. The molecule has 0 heterocycles. The second kappa shape index (κ2) is 5.07. The van der Waals surface area contributed by atoms with Crippen LogP contribution < -0.4 is 5.73 Å². The first kappa shape index (κ1) is 14.7. The Balaban J connectivity index is 3.52. The van der Waals surface area contributed by atoms with Gasteiger partial charge in [0.1, 0.15) is 10.7 Å². The van der Waals surface area contributed by atoms with Gasteiger partial charge in [0, 0.05) is 12.7 Å². The van der Waals surface area contributed by atoms with Gasteiger partial charge in [-0.3, -0.25) is 4.79 Å². The van der Waals surface area contributed by atoms with Gasteiger partial charge in [-0.25, -0.2) is 21.6 Å². The van der Waals surface area contributed by atoms with Crippen LogP contribution >= 0.6 is 0 Å². The maximum atomic E-state index is 13.5. The van der Waals surface area contributed by atoms with Crippen molar-refractivity contribution in [3.63, 3.8) is 0 Å². The Hall–Kier alpha value is -1.41. The van der Waals surface area contributed by atoms with E-state index in [0.29, 0.717) is 12.3 Å². The number of hydrogen-bond acceptors (Lipinski definition) is 4. The first-order chi connectivity index (χ1) is 8.20. The van der Waals surface area contributed by atoms with Gasteiger partial charge in [0.25, 0.3) is 0 Å². The summed E-state index contributed by atoms with van der Waals surface area (Å²) in [7, 11) is -4.27. The molecule has 0 aliphatic carbocycles. The molecule has 0 atom stereocenters. The van der Waals surface area contributed by atoms with Crippen LogP contribution in [0.25, 0.3) is 0 Å². The van der Waals surface area contributed by atoms with Gasteiger partial charge in [-0.15, -0.1) is 0 Å². The van der Waals surface area contributed by atoms with Crippen LogP contribution in [-0.4, -0.2) is 27.0 Å². The van der Waals surface area contributed by atoms with Crippen molar-refractivity contribution < 1.29 is 26.4 Å². The first-order valence-electron chi connectivity index (χ1n) is 4.81. The maximum absolute atomic E-state index is 13.5. The molecule has 0 aromatic heterocycles. The third kappa shape index (κ3) is 2.70. The van der Waals surface area contributed by atoms with Crippen molar-refractivity contribution in [2.75, 3.05) is 12.8 Å². The molecule has 0 spiro atoms. The number of sulfone groups is 1. The van der Waals surface area contributed by atoms with E-state index in [2.05, 4.69) is 0 Å². The van der Waals surface area contributed by atoms with Gasteiger partial charge in [-0.2, -0.15) is 0 Å². The number of rotatable bonds is 4. The number of ketones is 1. The summed E-state index contributed by atoms with van der Waals surface area (Å²) in [6, 6.07) is 0.368. The van der Waals surface area contributed by atoms with Crippen molar-refractivity contribution >= 4 is 15.6 Å². The van der Waals surface area contributed by atoms with Gasteiger partial charge in [-0.05, 0) is 12.6 Å². The zero-order valence-corrected chi connectivity index (χ0v) is 10.2. The van der Waals surface area contributed by atoms with E-state index >= 15 is 0 Å². The first-order valence-corrected chi connectivity index (χ1v) is 6.70. The van der Waals surface area contributed by atoms with Crippen molar-refractivity contribution in [3.8, 4) is 0 Å². The molecule has 4 nitrogen and oxygen atoms in total. The van der Waals surface area contributed by atoms with E-state index < -0.39 is 43.5 Å². The summed E-state index contributed by atoms with van der Waals surface area (Å²) in [6.45, 7) is -0.116. The molecule has 0 bridgehead atoms. The van der Waals surface area contributed by atoms with E-state index in [9.17, 15) is 26.4 Å². The van der Waals surface area contributed by atoms with Gasteiger partial charge in [0.2, 0.25) is 0 Å². The third-order valence-electron chi connectivity index (χ3n) is 2.16. The number of carbonyl (C=O) groups excluding carboxylic acids is 1. The highest BCUT2D eigenvalue weighted by atomic mass is 32.2. The van der Waals surface area contributed by atoms with E-state index in [1.807, 2.05) is 0 Å². The predicted molar refractivity (Wildman–Crippen MR) is 57.4 cm³/mol. The number of benzene rings is 1. The fourth-order valence-corrected chi connectivity index (χ4v) is 2.22. The molecule has 100 valence electrons. The lowest BCUT2D eigenvalue weighted by Gasteiger charge is -2.07. The Bertz CT molecular complexity index is 599. The van der Waals surface area contributed by atoms with E-state index in [1.54, 1.807) is 0 Å². The normalized spacial score (nSPS) is 11.6. The van der Waals surface area contributed by atoms with E-state index in [4.69, 9.17) is 5.73 Å². The number of halogens is 3. The molecule has 0 unspecified atom stereocenters. The molecule has 1 rings (SSSR count). The van der Waals surface area contributed by atoms with Crippen LogP contribution in [0, 0.1) is 17.5 Å². The molecule has 1 aromatic rings. The van der Waals surface area contributed by atoms with Crippen LogP contribution in [0.1, 0.15) is 16.8 Å². The zero-order chi connectivity index (χ0) is 14.1. The topological polar surface area (TPSA) is 77.2 Å². The number of carbonyl (C=O) groups is 1. The molecule has 0 amide bonds. The molecule has 2 N–H and O–H groups in total. The average molecular weight is 281 g/mol. The van der Waals surface area contributed by atoms with Gasteiger partial charge in [-0.1, -0.05) is 0 Å². The van der Waals surface area contributed by atoms with E-state index in [-0.39, 0.29) is 13.0 Å².